The predicted octanol–water partition coefficient (Wildman–Crippen LogP) is 14.2. The second kappa shape index (κ2) is 20.1. The Balaban J connectivity index is 0.000000187. The highest BCUT2D eigenvalue weighted by atomic mass is 16.1. The summed E-state index contributed by atoms with van der Waals surface area (Å²) in [5, 5.41) is 0. The highest BCUT2D eigenvalue weighted by Crippen LogP contribution is 2.17. The average molecular weight is 735 g/mol. The summed E-state index contributed by atoms with van der Waals surface area (Å²) in [7, 11) is 0. The Hall–Kier alpha value is -5.97. The van der Waals surface area contributed by atoms with Gasteiger partial charge in [-0.3, -0.25) is 4.79 Å². The number of rotatable bonds is 5. The van der Waals surface area contributed by atoms with Crippen molar-refractivity contribution in [2.45, 2.75) is 83.1 Å². The molecule has 1 nitrogen and oxygen atoms in total. The van der Waals surface area contributed by atoms with Crippen LogP contribution in [0.2, 0.25) is 0 Å². The lowest BCUT2D eigenvalue weighted by Gasteiger charge is -2.03. The van der Waals surface area contributed by atoms with E-state index in [1.54, 1.807) is 6.08 Å². The third-order valence-electron chi connectivity index (χ3n) is 10.6. The van der Waals surface area contributed by atoms with Gasteiger partial charge in [0, 0.05) is 16.7 Å². The zero-order valence-electron chi connectivity index (χ0n) is 35.6. The number of ketones is 1. The Kier molecular flexibility index (Phi) is 15.3. The Morgan fingerprint density at radius 3 is 0.982 bits per heavy atom. The van der Waals surface area contributed by atoms with Gasteiger partial charge in [-0.15, -0.1) is 0 Å². The molecule has 6 rings (SSSR count). The maximum atomic E-state index is 12.1. The van der Waals surface area contributed by atoms with E-state index in [4.69, 9.17) is 0 Å². The van der Waals surface area contributed by atoms with Crippen molar-refractivity contribution in [3.8, 4) is 11.8 Å². The fourth-order valence-electron chi connectivity index (χ4n) is 5.74. The summed E-state index contributed by atoms with van der Waals surface area (Å²) in [6.45, 7) is 25.3. The summed E-state index contributed by atoms with van der Waals surface area (Å²) in [4.78, 5) is 12.1. The Morgan fingerprint density at radius 2 is 0.643 bits per heavy atom. The fourth-order valence-corrected chi connectivity index (χ4v) is 5.74. The first-order valence-electron chi connectivity index (χ1n) is 19.5. The molecule has 6 aromatic rings. The van der Waals surface area contributed by atoms with Crippen LogP contribution in [0.15, 0.2) is 115 Å². The number of hydrogen-bond donors (Lipinski definition) is 0. The first kappa shape index (κ1) is 42.8. The largest absolute Gasteiger partial charge is 0.289 e. The van der Waals surface area contributed by atoms with Gasteiger partial charge in [-0.05, 0) is 203 Å². The van der Waals surface area contributed by atoms with E-state index in [-0.39, 0.29) is 5.78 Å². The van der Waals surface area contributed by atoms with Gasteiger partial charge in [-0.1, -0.05) is 109 Å². The van der Waals surface area contributed by atoms with Gasteiger partial charge in [0.25, 0.3) is 0 Å². The van der Waals surface area contributed by atoms with Crippen molar-refractivity contribution in [3.63, 3.8) is 0 Å². The van der Waals surface area contributed by atoms with E-state index in [0.29, 0.717) is 0 Å². The van der Waals surface area contributed by atoms with Crippen LogP contribution in [0, 0.1) is 94.9 Å². The number of allylic oxidation sites excluding steroid dienone is 1. The molecule has 0 bridgehead atoms. The maximum absolute atomic E-state index is 12.1. The molecule has 1 heteroatoms. The van der Waals surface area contributed by atoms with E-state index < -0.39 is 0 Å². The molecule has 284 valence electrons. The van der Waals surface area contributed by atoms with Crippen molar-refractivity contribution in [3.05, 3.63) is 215 Å². The molecule has 0 saturated heterocycles. The van der Waals surface area contributed by atoms with E-state index in [0.717, 1.165) is 27.8 Å². The zero-order valence-corrected chi connectivity index (χ0v) is 35.6. The molecule has 0 spiro atoms. The molecule has 6 aromatic carbocycles. The van der Waals surface area contributed by atoms with Crippen LogP contribution >= 0.6 is 0 Å². The Morgan fingerprint density at radius 1 is 0.339 bits per heavy atom. The predicted molar refractivity (Wildman–Crippen MR) is 244 cm³/mol. The van der Waals surface area contributed by atoms with Crippen LogP contribution in [0.3, 0.4) is 0 Å². The molecule has 0 heterocycles. The molecule has 0 fully saturated rings. The minimum atomic E-state index is 0.0475. The lowest BCUT2D eigenvalue weighted by Crippen LogP contribution is -1.95. The van der Waals surface area contributed by atoms with E-state index in [1.807, 2.05) is 37.3 Å². The minimum Gasteiger partial charge on any atom is -0.289 e. The summed E-state index contributed by atoms with van der Waals surface area (Å²) in [5.74, 6) is 6.50. The van der Waals surface area contributed by atoms with Crippen LogP contribution < -0.4 is 0 Å². The monoisotopic (exact) mass is 734 g/mol. The number of carbonyl (C=O) groups excluding carboxylic acids is 1. The third-order valence-corrected chi connectivity index (χ3v) is 10.6. The second-order valence-corrected chi connectivity index (χ2v) is 15.2. The number of hydrogen-bond acceptors (Lipinski definition) is 1. The molecule has 0 aromatic heterocycles. The quantitative estimate of drug-likeness (QED) is 0.0746. The fraction of sp³-hybridized carbons (Fsp3) is 0.218. The van der Waals surface area contributed by atoms with Crippen molar-refractivity contribution in [2.24, 2.45) is 0 Å². The zero-order chi connectivity index (χ0) is 40.9. The molecule has 0 N–H and O–H groups in total. The van der Waals surface area contributed by atoms with E-state index in [1.165, 1.54) is 72.3 Å². The van der Waals surface area contributed by atoms with Gasteiger partial charge in [-0.2, -0.15) is 0 Å². The molecule has 0 aliphatic rings. The molecule has 0 aliphatic carbocycles. The van der Waals surface area contributed by atoms with E-state index in [9.17, 15) is 4.79 Å². The van der Waals surface area contributed by atoms with Crippen LogP contribution in [-0.2, 0) is 0 Å². The van der Waals surface area contributed by atoms with Crippen molar-refractivity contribution >= 4 is 24.0 Å². The highest BCUT2D eigenvalue weighted by Gasteiger charge is 2.04. The average Bonchev–Trinajstić information content (AvgIpc) is 3.17. The maximum Gasteiger partial charge on any atom is 0.185 e. The summed E-state index contributed by atoms with van der Waals surface area (Å²) in [6.07, 6.45) is 7.88. The number of benzene rings is 6. The molecule has 56 heavy (non-hydrogen) atoms. The lowest BCUT2D eigenvalue weighted by atomic mass is 10.0. The normalized spacial score (nSPS) is 10.6. The van der Waals surface area contributed by atoms with Gasteiger partial charge in [0.2, 0.25) is 0 Å². The van der Waals surface area contributed by atoms with Crippen molar-refractivity contribution in [2.75, 3.05) is 0 Å². The first-order valence-corrected chi connectivity index (χ1v) is 19.5. The topological polar surface area (TPSA) is 17.1 Å². The van der Waals surface area contributed by atoms with Gasteiger partial charge in [0.05, 0.1) is 0 Å². The van der Waals surface area contributed by atoms with Crippen LogP contribution in [0.25, 0.3) is 18.2 Å². The highest BCUT2D eigenvalue weighted by molar-refractivity contribution is 6.07. The summed E-state index contributed by atoms with van der Waals surface area (Å²) in [5.41, 5.74) is 21.9. The van der Waals surface area contributed by atoms with Gasteiger partial charge in [0.15, 0.2) is 5.78 Å². The van der Waals surface area contributed by atoms with Crippen LogP contribution in [0.4, 0.5) is 0 Å². The van der Waals surface area contributed by atoms with Crippen molar-refractivity contribution in [1.82, 2.24) is 0 Å². The van der Waals surface area contributed by atoms with Gasteiger partial charge in [0.1, 0.15) is 0 Å². The summed E-state index contributed by atoms with van der Waals surface area (Å²) in [6, 6.07) is 37.9. The van der Waals surface area contributed by atoms with Crippen molar-refractivity contribution < 1.29 is 4.79 Å². The van der Waals surface area contributed by atoms with E-state index >= 15 is 0 Å². The molecular formula is C55H58O. The smallest absolute Gasteiger partial charge is 0.185 e. The van der Waals surface area contributed by atoms with Crippen LogP contribution in [-0.4, -0.2) is 5.78 Å². The standard InChI is InChI=1S/C19H20O.C18H20.C18H18/c1-13-5-7-17(11-15(13)3)8-10-19(20)18-9-6-14(2)16(4)12-18;2*1-13-5-7-17(11-15(13)3)9-10-18-8-6-14(2)16(4)12-18/h5-12H,1-4H3;5-12H,1-4H3;5-8,11-12H,1-4H3. The van der Waals surface area contributed by atoms with Crippen LogP contribution in [0.1, 0.15) is 105 Å². The Labute approximate surface area is 337 Å². The molecule has 0 radical (unpaired) electrons. The number of aryl methyl sites for hydroxylation is 12. The first-order chi connectivity index (χ1) is 26.6. The second-order valence-electron chi connectivity index (χ2n) is 15.2. The molecule has 0 aliphatic heterocycles. The van der Waals surface area contributed by atoms with Crippen LogP contribution in [0.5, 0.6) is 0 Å². The Bertz CT molecular complexity index is 2350. The third kappa shape index (κ3) is 12.8. The molecule has 0 amide bonds. The molecule has 0 unspecified atom stereocenters. The molecular weight excluding hydrogens is 677 g/mol. The summed E-state index contributed by atoms with van der Waals surface area (Å²) < 4.78 is 0. The van der Waals surface area contributed by atoms with E-state index in [2.05, 4.69) is 185 Å². The summed E-state index contributed by atoms with van der Waals surface area (Å²) >= 11 is 0. The van der Waals surface area contributed by atoms with Gasteiger partial charge < -0.3 is 0 Å². The minimum absolute atomic E-state index is 0.0475. The van der Waals surface area contributed by atoms with Gasteiger partial charge >= 0.3 is 0 Å². The number of carbonyl (C=O) groups is 1. The lowest BCUT2D eigenvalue weighted by molar-refractivity contribution is 0.104. The van der Waals surface area contributed by atoms with Gasteiger partial charge in [-0.25, -0.2) is 0 Å². The SMILES string of the molecule is Cc1ccc(C#Cc2ccc(C)c(C)c2)cc1C.Cc1ccc(C=CC(=O)c2ccc(C)c(C)c2)cc1C.Cc1ccc(C=Cc2ccc(C)c(C)c2)cc1C. The molecule has 0 atom stereocenters. The van der Waals surface area contributed by atoms with Crippen molar-refractivity contribution in [1.29, 1.82) is 0 Å². The molecule has 0 saturated carbocycles.